The van der Waals surface area contributed by atoms with Gasteiger partial charge in [-0.05, 0) is 36.8 Å². The quantitative estimate of drug-likeness (QED) is 0.384. The highest BCUT2D eigenvalue weighted by Crippen LogP contribution is 2.39. The molecule has 3 heterocycles. The van der Waals surface area contributed by atoms with Crippen LogP contribution in [0, 0.1) is 12.7 Å². The van der Waals surface area contributed by atoms with Crippen LogP contribution in [-0.2, 0) is 0 Å². The summed E-state index contributed by atoms with van der Waals surface area (Å²) in [5.41, 5.74) is 2.42. The Bertz CT molecular complexity index is 1360. The van der Waals surface area contributed by atoms with Crippen LogP contribution in [0.4, 0.5) is 4.39 Å². The highest BCUT2D eigenvalue weighted by Gasteiger charge is 2.30. The molecule has 0 unspecified atom stereocenters. The molecule has 36 heavy (non-hydrogen) atoms. The smallest absolute Gasteiger partial charge is 0.260 e. The summed E-state index contributed by atoms with van der Waals surface area (Å²) in [4.78, 5) is 20.3. The molecule has 1 fully saturated rings. The van der Waals surface area contributed by atoms with E-state index in [1.807, 2.05) is 43.3 Å². The Morgan fingerprint density at radius 1 is 1.03 bits per heavy atom. The number of para-hydroxylation sites is 1. The molecule has 5 rings (SSSR count). The number of fused-ring (bicyclic) bond motifs is 1. The van der Waals surface area contributed by atoms with E-state index in [1.54, 1.807) is 28.7 Å². The molecule has 1 N–H and O–H groups in total. The summed E-state index contributed by atoms with van der Waals surface area (Å²) in [5.74, 6) is 0.465. The monoisotopic (exact) mass is 532 g/mol. The number of methoxy groups -OCH3 is 1. The van der Waals surface area contributed by atoms with Crippen molar-refractivity contribution >= 4 is 41.8 Å². The molecule has 1 aliphatic rings. The number of pyridine rings is 1. The van der Waals surface area contributed by atoms with Crippen LogP contribution in [0.3, 0.4) is 0 Å². The summed E-state index contributed by atoms with van der Waals surface area (Å²) in [6.07, 6.45) is 0. The Morgan fingerprint density at radius 2 is 1.75 bits per heavy atom. The van der Waals surface area contributed by atoms with Crippen LogP contribution in [0.15, 0.2) is 60.7 Å². The summed E-state index contributed by atoms with van der Waals surface area (Å²) >= 11 is 0. The van der Waals surface area contributed by atoms with E-state index in [9.17, 15) is 9.18 Å². The molecule has 0 saturated carbocycles. The Kier molecular flexibility index (Phi) is 8.79. The number of aryl methyl sites for hydroxylation is 1. The molecule has 0 bridgehead atoms. The van der Waals surface area contributed by atoms with Crippen molar-refractivity contribution in [2.45, 2.75) is 6.92 Å². The molecule has 1 amide bonds. The predicted octanol–water partition coefficient (Wildman–Crippen LogP) is 5.16. The number of aromatic nitrogens is 2. The Hall–Kier alpha value is -3.33. The average molecular weight is 533 g/mol. The van der Waals surface area contributed by atoms with E-state index in [4.69, 9.17) is 9.47 Å². The number of nitrogens with zero attached hydrogens (tertiary/aromatic N) is 3. The summed E-state index contributed by atoms with van der Waals surface area (Å²) in [6, 6.07) is 17.4. The molecule has 1 aliphatic heterocycles. The molecule has 2 aromatic heterocycles. The summed E-state index contributed by atoms with van der Waals surface area (Å²) in [7, 11) is 1.55. The third-order valence-electron chi connectivity index (χ3n) is 5.95. The van der Waals surface area contributed by atoms with Crippen LogP contribution in [0.5, 0.6) is 17.5 Å². The Balaban J connectivity index is 0.00000180. The minimum Gasteiger partial charge on any atom is -0.481 e. The van der Waals surface area contributed by atoms with Crippen molar-refractivity contribution in [1.82, 2.24) is 19.8 Å². The third kappa shape index (κ3) is 5.11. The van der Waals surface area contributed by atoms with Gasteiger partial charge in [-0.1, -0.05) is 24.3 Å². The molecule has 4 aromatic rings. The Labute approximate surface area is 221 Å². The van der Waals surface area contributed by atoms with Crippen molar-refractivity contribution < 1.29 is 18.7 Å². The standard InChI is InChI=1S/C26H25FN4O3.2ClH/c1-17-8-9-18(27)16-21(17)34-26-23(25(32)30-14-12-28-13-15-30)20-10-11-22(33-2)29-24(20)31(26)19-6-4-3-5-7-19;;/h3-11,16,28H,12-15H2,1-2H3;2*1H. The van der Waals surface area contributed by atoms with E-state index < -0.39 is 5.82 Å². The Morgan fingerprint density at radius 3 is 2.44 bits per heavy atom. The molecular weight excluding hydrogens is 506 g/mol. The summed E-state index contributed by atoms with van der Waals surface area (Å²) in [5, 5.41) is 3.91. The van der Waals surface area contributed by atoms with E-state index in [0.717, 1.165) is 11.3 Å². The first kappa shape index (κ1) is 27.3. The van der Waals surface area contributed by atoms with Crippen molar-refractivity contribution in [3.05, 3.63) is 77.6 Å². The van der Waals surface area contributed by atoms with Crippen LogP contribution < -0.4 is 14.8 Å². The van der Waals surface area contributed by atoms with Crippen molar-refractivity contribution in [2.75, 3.05) is 33.3 Å². The number of piperazine rings is 1. The maximum Gasteiger partial charge on any atom is 0.260 e. The maximum absolute atomic E-state index is 14.1. The lowest BCUT2D eigenvalue weighted by Gasteiger charge is -2.27. The minimum atomic E-state index is -0.419. The fourth-order valence-electron chi connectivity index (χ4n) is 4.17. The molecule has 0 aliphatic carbocycles. The lowest BCUT2D eigenvalue weighted by atomic mass is 10.1. The zero-order valence-corrected chi connectivity index (χ0v) is 21.5. The van der Waals surface area contributed by atoms with Crippen LogP contribution in [0.1, 0.15) is 15.9 Å². The number of nitrogens with one attached hydrogen (secondary N) is 1. The van der Waals surface area contributed by atoms with E-state index >= 15 is 0 Å². The molecule has 7 nitrogen and oxygen atoms in total. The molecule has 190 valence electrons. The van der Waals surface area contributed by atoms with Gasteiger partial charge in [0, 0.05) is 43.7 Å². The summed E-state index contributed by atoms with van der Waals surface area (Å²) in [6.45, 7) is 4.43. The SMILES string of the molecule is COc1ccc2c(C(=O)N3CCNCC3)c(Oc3cc(F)ccc3C)n(-c3ccccc3)c2n1.Cl.Cl. The molecule has 0 spiro atoms. The van der Waals surface area contributed by atoms with Gasteiger partial charge >= 0.3 is 0 Å². The van der Waals surface area contributed by atoms with Gasteiger partial charge in [0.1, 0.15) is 17.1 Å². The lowest BCUT2D eigenvalue weighted by Crippen LogP contribution is -2.46. The van der Waals surface area contributed by atoms with Crippen molar-refractivity contribution in [3.8, 4) is 23.2 Å². The van der Waals surface area contributed by atoms with Gasteiger partial charge in [0.15, 0.2) is 5.65 Å². The first-order valence-corrected chi connectivity index (χ1v) is 11.2. The zero-order valence-electron chi connectivity index (χ0n) is 19.9. The number of rotatable bonds is 5. The second-order valence-corrected chi connectivity index (χ2v) is 8.13. The number of halogens is 3. The molecule has 0 radical (unpaired) electrons. The van der Waals surface area contributed by atoms with Gasteiger partial charge in [0.25, 0.3) is 5.91 Å². The predicted molar refractivity (Wildman–Crippen MR) is 142 cm³/mol. The largest absolute Gasteiger partial charge is 0.481 e. The zero-order chi connectivity index (χ0) is 23.7. The van der Waals surface area contributed by atoms with Gasteiger partial charge in [-0.25, -0.2) is 4.39 Å². The number of hydrogen-bond acceptors (Lipinski definition) is 5. The van der Waals surface area contributed by atoms with Gasteiger partial charge < -0.3 is 19.7 Å². The lowest BCUT2D eigenvalue weighted by molar-refractivity contribution is 0.0735. The maximum atomic E-state index is 14.1. The molecule has 2 aromatic carbocycles. The number of ether oxygens (including phenoxy) is 2. The number of carbonyl (C=O) groups excluding carboxylic acids is 1. The third-order valence-corrected chi connectivity index (χ3v) is 5.95. The van der Waals surface area contributed by atoms with Crippen molar-refractivity contribution in [2.24, 2.45) is 0 Å². The second-order valence-electron chi connectivity index (χ2n) is 8.13. The molecule has 1 saturated heterocycles. The average Bonchev–Trinajstić information content (AvgIpc) is 3.19. The van der Waals surface area contributed by atoms with Crippen LogP contribution in [-0.4, -0.2) is 53.6 Å². The number of amides is 1. The first-order chi connectivity index (χ1) is 16.6. The molecular formula is C26H27Cl2FN4O3. The van der Waals surface area contributed by atoms with Gasteiger partial charge in [0.05, 0.1) is 12.8 Å². The van der Waals surface area contributed by atoms with E-state index in [1.165, 1.54) is 12.1 Å². The normalized spacial score (nSPS) is 13.0. The van der Waals surface area contributed by atoms with Gasteiger partial charge in [-0.2, -0.15) is 4.98 Å². The fraction of sp³-hybridized carbons (Fsp3) is 0.231. The van der Waals surface area contributed by atoms with E-state index in [2.05, 4.69) is 10.3 Å². The number of benzene rings is 2. The van der Waals surface area contributed by atoms with Crippen LogP contribution in [0.2, 0.25) is 0 Å². The van der Waals surface area contributed by atoms with Crippen molar-refractivity contribution in [1.29, 1.82) is 0 Å². The van der Waals surface area contributed by atoms with E-state index in [0.29, 0.717) is 60.3 Å². The highest BCUT2D eigenvalue weighted by atomic mass is 35.5. The van der Waals surface area contributed by atoms with Crippen molar-refractivity contribution in [3.63, 3.8) is 0 Å². The first-order valence-electron chi connectivity index (χ1n) is 11.2. The minimum absolute atomic E-state index is 0. The van der Waals surface area contributed by atoms with Gasteiger partial charge in [0.2, 0.25) is 11.8 Å². The second kappa shape index (κ2) is 11.6. The molecule has 10 heteroatoms. The number of carbonyl (C=O) groups is 1. The van der Waals surface area contributed by atoms with E-state index in [-0.39, 0.29) is 30.7 Å². The number of hydrogen-bond donors (Lipinski definition) is 1. The highest BCUT2D eigenvalue weighted by molar-refractivity contribution is 6.09. The van der Waals surface area contributed by atoms with Gasteiger partial charge in [-0.3, -0.25) is 9.36 Å². The topological polar surface area (TPSA) is 68.6 Å². The summed E-state index contributed by atoms with van der Waals surface area (Å²) < 4.78 is 27.6. The van der Waals surface area contributed by atoms with Crippen LogP contribution >= 0.6 is 24.8 Å². The van der Waals surface area contributed by atoms with Gasteiger partial charge in [-0.15, -0.1) is 24.8 Å². The fourth-order valence-corrected chi connectivity index (χ4v) is 4.17. The van der Waals surface area contributed by atoms with Crippen LogP contribution in [0.25, 0.3) is 16.7 Å². The molecule has 0 atom stereocenters.